The SMILES string of the molecule is O=C(Cc1ccc(C(F)(F)F)c(F)c1)N1CCC(c2nccn2Cn2nnc3ccccc32)CC1. The van der Waals surface area contributed by atoms with Gasteiger partial charge in [-0.05, 0) is 42.7 Å². The van der Waals surface area contributed by atoms with Crippen LogP contribution in [0.4, 0.5) is 17.6 Å². The van der Waals surface area contributed by atoms with E-state index in [1.807, 2.05) is 39.7 Å². The van der Waals surface area contributed by atoms with Crippen LogP contribution in [0.1, 0.15) is 35.7 Å². The second-order valence-corrected chi connectivity index (χ2v) is 8.62. The normalized spacial score (nSPS) is 15.1. The molecular weight excluding hydrogens is 464 g/mol. The Labute approximate surface area is 198 Å². The summed E-state index contributed by atoms with van der Waals surface area (Å²) in [5, 5.41) is 8.42. The average molecular weight is 486 g/mol. The van der Waals surface area contributed by atoms with Crippen molar-refractivity contribution in [1.29, 1.82) is 0 Å². The van der Waals surface area contributed by atoms with E-state index in [9.17, 15) is 22.4 Å². The highest BCUT2D eigenvalue weighted by molar-refractivity contribution is 5.79. The fourth-order valence-corrected chi connectivity index (χ4v) is 4.54. The fourth-order valence-electron chi connectivity index (χ4n) is 4.54. The highest BCUT2D eigenvalue weighted by Crippen LogP contribution is 2.32. The standard InChI is InChI=1S/C24H22F4N6O/c25-19-13-16(5-6-18(19)24(26,27)28)14-22(35)32-10-7-17(8-11-32)23-29-9-12-33(23)15-34-21-4-2-1-3-20(21)30-31-34/h1-6,9,12-13,17H,7-8,10-11,14-15H2. The predicted octanol–water partition coefficient (Wildman–Crippen LogP) is 4.24. The second kappa shape index (κ2) is 9.12. The van der Waals surface area contributed by atoms with Crippen LogP contribution in [0.25, 0.3) is 11.0 Å². The first-order chi connectivity index (χ1) is 16.8. The van der Waals surface area contributed by atoms with E-state index in [4.69, 9.17) is 0 Å². The number of piperidine rings is 1. The minimum Gasteiger partial charge on any atom is -0.342 e. The van der Waals surface area contributed by atoms with Gasteiger partial charge in [0.05, 0.1) is 17.5 Å². The minimum atomic E-state index is -4.76. The van der Waals surface area contributed by atoms with Gasteiger partial charge < -0.3 is 9.47 Å². The molecule has 0 bridgehead atoms. The van der Waals surface area contributed by atoms with Crippen molar-refractivity contribution in [2.24, 2.45) is 0 Å². The molecular formula is C24H22F4N6O. The largest absolute Gasteiger partial charge is 0.419 e. The maximum absolute atomic E-state index is 13.8. The van der Waals surface area contributed by atoms with Gasteiger partial charge in [0.2, 0.25) is 5.91 Å². The Kier molecular flexibility index (Phi) is 6.00. The molecule has 2 aromatic carbocycles. The van der Waals surface area contributed by atoms with Crippen LogP contribution in [-0.4, -0.2) is 48.4 Å². The third-order valence-electron chi connectivity index (χ3n) is 6.36. The van der Waals surface area contributed by atoms with Crippen LogP contribution >= 0.6 is 0 Å². The molecule has 2 aromatic heterocycles. The summed E-state index contributed by atoms with van der Waals surface area (Å²) in [4.78, 5) is 18.9. The summed E-state index contributed by atoms with van der Waals surface area (Å²) in [5.41, 5.74) is 0.628. The maximum Gasteiger partial charge on any atom is 0.419 e. The maximum atomic E-state index is 13.8. The molecule has 1 fully saturated rings. The van der Waals surface area contributed by atoms with Crippen LogP contribution in [0.2, 0.25) is 0 Å². The van der Waals surface area contributed by atoms with Crippen molar-refractivity contribution in [2.75, 3.05) is 13.1 Å². The third kappa shape index (κ3) is 4.75. The van der Waals surface area contributed by atoms with Crippen molar-refractivity contribution in [1.82, 2.24) is 29.4 Å². The number of imidazole rings is 1. The molecule has 4 aromatic rings. The molecule has 0 saturated carbocycles. The van der Waals surface area contributed by atoms with Gasteiger partial charge in [-0.25, -0.2) is 14.1 Å². The zero-order valence-corrected chi connectivity index (χ0v) is 18.6. The molecule has 0 aliphatic carbocycles. The smallest absolute Gasteiger partial charge is 0.342 e. The third-order valence-corrected chi connectivity index (χ3v) is 6.36. The number of rotatable bonds is 5. The highest BCUT2D eigenvalue weighted by Gasteiger charge is 2.34. The molecule has 1 saturated heterocycles. The van der Waals surface area contributed by atoms with E-state index in [2.05, 4.69) is 15.3 Å². The van der Waals surface area contributed by atoms with E-state index >= 15 is 0 Å². The summed E-state index contributed by atoms with van der Waals surface area (Å²) in [5.74, 6) is -0.553. The van der Waals surface area contributed by atoms with Gasteiger partial charge in [0.1, 0.15) is 23.8 Å². The van der Waals surface area contributed by atoms with E-state index in [0.717, 1.165) is 29.0 Å². The van der Waals surface area contributed by atoms with Gasteiger partial charge in [0.25, 0.3) is 0 Å². The molecule has 5 rings (SSSR count). The number of carbonyl (C=O) groups is 1. The van der Waals surface area contributed by atoms with E-state index < -0.39 is 17.6 Å². The van der Waals surface area contributed by atoms with Crippen LogP contribution in [0.3, 0.4) is 0 Å². The summed E-state index contributed by atoms with van der Waals surface area (Å²) in [6, 6.07) is 10.3. The molecule has 11 heteroatoms. The van der Waals surface area contributed by atoms with Crippen LogP contribution in [0.5, 0.6) is 0 Å². The lowest BCUT2D eigenvalue weighted by atomic mass is 9.95. The molecule has 35 heavy (non-hydrogen) atoms. The van der Waals surface area contributed by atoms with Gasteiger partial charge in [-0.1, -0.05) is 23.4 Å². The average Bonchev–Trinajstić information content (AvgIpc) is 3.46. The lowest BCUT2D eigenvalue weighted by molar-refractivity contribution is -0.140. The number of benzene rings is 2. The predicted molar refractivity (Wildman–Crippen MR) is 119 cm³/mol. The molecule has 1 aliphatic heterocycles. The van der Waals surface area contributed by atoms with E-state index in [-0.39, 0.29) is 23.8 Å². The Morgan fingerprint density at radius 2 is 1.86 bits per heavy atom. The van der Waals surface area contributed by atoms with Crippen LogP contribution in [-0.2, 0) is 24.1 Å². The number of aromatic nitrogens is 5. The highest BCUT2D eigenvalue weighted by atomic mass is 19.4. The molecule has 182 valence electrons. The summed E-state index contributed by atoms with van der Waals surface area (Å²) < 4.78 is 56.0. The zero-order chi connectivity index (χ0) is 24.6. The number of fused-ring (bicyclic) bond motifs is 1. The molecule has 7 nitrogen and oxygen atoms in total. The van der Waals surface area contributed by atoms with Gasteiger partial charge >= 0.3 is 6.18 Å². The lowest BCUT2D eigenvalue weighted by Gasteiger charge is -2.32. The molecule has 0 spiro atoms. The van der Waals surface area contributed by atoms with Gasteiger partial charge in [-0.2, -0.15) is 13.2 Å². The van der Waals surface area contributed by atoms with E-state index in [0.29, 0.717) is 38.7 Å². The van der Waals surface area contributed by atoms with Crippen molar-refractivity contribution in [3.8, 4) is 0 Å². The Morgan fingerprint density at radius 1 is 1.09 bits per heavy atom. The number of carbonyl (C=O) groups excluding carboxylic acids is 1. The number of hydrogen-bond acceptors (Lipinski definition) is 4. The summed E-state index contributed by atoms with van der Waals surface area (Å²) in [7, 11) is 0. The quantitative estimate of drug-likeness (QED) is 0.396. The number of para-hydroxylation sites is 1. The van der Waals surface area contributed by atoms with Crippen LogP contribution in [0.15, 0.2) is 54.9 Å². The van der Waals surface area contributed by atoms with Crippen molar-refractivity contribution >= 4 is 16.9 Å². The van der Waals surface area contributed by atoms with E-state index in [1.165, 1.54) is 0 Å². The van der Waals surface area contributed by atoms with Crippen molar-refractivity contribution in [3.05, 3.63) is 77.6 Å². The number of halogens is 4. The molecule has 0 atom stereocenters. The fraction of sp³-hybridized carbons (Fsp3) is 0.333. The van der Waals surface area contributed by atoms with E-state index in [1.54, 1.807) is 11.1 Å². The Balaban J connectivity index is 1.21. The van der Waals surface area contributed by atoms with Gasteiger partial charge in [0.15, 0.2) is 0 Å². The number of nitrogens with zero attached hydrogens (tertiary/aromatic N) is 6. The Morgan fingerprint density at radius 3 is 2.60 bits per heavy atom. The number of amides is 1. The topological polar surface area (TPSA) is 68.8 Å². The van der Waals surface area contributed by atoms with Gasteiger partial charge in [-0.15, -0.1) is 5.10 Å². The second-order valence-electron chi connectivity index (χ2n) is 8.62. The lowest BCUT2D eigenvalue weighted by Crippen LogP contribution is -2.39. The number of likely N-dealkylation sites (tertiary alicyclic amines) is 1. The minimum absolute atomic E-state index is 0.145. The Bertz CT molecular complexity index is 1350. The summed E-state index contributed by atoms with van der Waals surface area (Å²) >= 11 is 0. The molecule has 1 aliphatic rings. The summed E-state index contributed by atoms with van der Waals surface area (Å²) in [6.07, 6.45) is 0.118. The summed E-state index contributed by atoms with van der Waals surface area (Å²) in [6.45, 7) is 1.45. The first kappa shape index (κ1) is 23.0. The zero-order valence-electron chi connectivity index (χ0n) is 18.6. The molecule has 3 heterocycles. The first-order valence-electron chi connectivity index (χ1n) is 11.2. The van der Waals surface area contributed by atoms with Crippen molar-refractivity contribution in [2.45, 2.75) is 38.0 Å². The molecule has 0 N–H and O–H groups in total. The number of alkyl halides is 3. The van der Waals surface area contributed by atoms with Crippen molar-refractivity contribution < 1.29 is 22.4 Å². The molecule has 1 amide bonds. The van der Waals surface area contributed by atoms with Gasteiger partial charge in [0, 0.05) is 31.4 Å². The van der Waals surface area contributed by atoms with Crippen LogP contribution < -0.4 is 0 Å². The Hall–Kier alpha value is -3.76. The first-order valence-corrected chi connectivity index (χ1v) is 11.2. The number of hydrogen-bond donors (Lipinski definition) is 0. The van der Waals surface area contributed by atoms with Crippen LogP contribution in [0, 0.1) is 5.82 Å². The van der Waals surface area contributed by atoms with Gasteiger partial charge in [-0.3, -0.25) is 4.79 Å². The van der Waals surface area contributed by atoms with Crippen molar-refractivity contribution in [3.63, 3.8) is 0 Å². The monoisotopic (exact) mass is 486 g/mol. The molecule has 0 unspecified atom stereocenters. The molecule has 0 radical (unpaired) electrons.